The molecule has 2 rings (SSSR count). The molecule has 0 spiro atoms. The molecule has 1 amide bonds. The number of carbonyl (C=O) groups is 1. The molecule has 110 valence electrons. The maximum atomic E-state index is 13.3. The molecule has 1 saturated heterocycles. The number of carbonyl (C=O) groups excluding carboxylic acids is 1. The van der Waals surface area contributed by atoms with Crippen LogP contribution in [0.2, 0.25) is 0 Å². The first-order valence-corrected chi connectivity index (χ1v) is 6.63. The van der Waals surface area contributed by atoms with Gasteiger partial charge in [-0.2, -0.15) is 0 Å². The highest BCUT2D eigenvalue weighted by molar-refractivity contribution is 5.78. The molecular formula is C14H19FN2O3. The minimum Gasteiger partial charge on any atom is -0.389 e. The van der Waals surface area contributed by atoms with Gasteiger partial charge in [0.05, 0.1) is 25.9 Å². The van der Waals surface area contributed by atoms with Crippen LogP contribution in [0.5, 0.6) is 0 Å². The molecule has 0 unspecified atom stereocenters. The van der Waals surface area contributed by atoms with Crippen molar-refractivity contribution in [3.8, 4) is 0 Å². The molecule has 1 fully saturated rings. The third-order valence-corrected chi connectivity index (χ3v) is 3.11. The van der Waals surface area contributed by atoms with Crippen molar-refractivity contribution in [3.63, 3.8) is 0 Å². The average Bonchev–Trinajstić information content (AvgIpc) is 2.41. The second-order valence-corrected chi connectivity index (χ2v) is 4.85. The van der Waals surface area contributed by atoms with E-state index in [-0.39, 0.29) is 24.9 Å². The van der Waals surface area contributed by atoms with E-state index < -0.39 is 6.10 Å². The summed E-state index contributed by atoms with van der Waals surface area (Å²) in [5.41, 5.74) is 0.469. The lowest BCUT2D eigenvalue weighted by molar-refractivity contribution is -0.124. The quantitative estimate of drug-likeness (QED) is 0.779. The van der Waals surface area contributed by atoms with E-state index in [1.165, 1.54) is 6.07 Å². The number of amides is 1. The van der Waals surface area contributed by atoms with Crippen molar-refractivity contribution in [1.82, 2.24) is 10.2 Å². The van der Waals surface area contributed by atoms with Crippen LogP contribution in [-0.4, -0.2) is 54.8 Å². The van der Waals surface area contributed by atoms with Gasteiger partial charge in [-0.05, 0) is 6.07 Å². The molecule has 1 atom stereocenters. The molecule has 0 aliphatic carbocycles. The SMILES string of the molecule is O=C1CN(C[C@@H](O)COCc2ccccc2F)CCN1. The number of aliphatic hydroxyl groups is 1. The fourth-order valence-electron chi connectivity index (χ4n) is 2.12. The summed E-state index contributed by atoms with van der Waals surface area (Å²) in [5.74, 6) is -0.342. The third kappa shape index (κ3) is 4.56. The Morgan fingerprint density at radius 3 is 3.00 bits per heavy atom. The zero-order valence-electron chi connectivity index (χ0n) is 11.2. The van der Waals surface area contributed by atoms with Gasteiger partial charge in [-0.3, -0.25) is 9.69 Å². The Bertz CT molecular complexity index is 456. The summed E-state index contributed by atoms with van der Waals surface area (Å²) < 4.78 is 18.6. The third-order valence-electron chi connectivity index (χ3n) is 3.11. The summed E-state index contributed by atoms with van der Waals surface area (Å²) >= 11 is 0. The van der Waals surface area contributed by atoms with Gasteiger partial charge in [0.25, 0.3) is 0 Å². The van der Waals surface area contributed by atoms with Gasteiger partial charge in [-0.25, -0.2) is 4.39 Å². The summed E-state index contributed by atoms with van der Waals surface area (Å²) in [6, 6.07) is 6.39. The van der Waals surface area contributed by atoms with Crippen LogP contribution in [0.1, 0.15) is 5.56 Å². The van der Waals surface area contributed by atoms with Crippen LogP contribution >= 0.6 is 0 Å². The average molecular weight is 282 g/mol. The van der Waals surface area contributed by atoms with E-state index in [9.17, 15) is 14.3 Å². The number of hydrogen-bond acceptors (Lipinski definition) is 4. The first-order chi connectivity index (χ1) is 9.65. The minimum atomic E-state index is -0.687. The van der Waals surface area contributed by atoms with Gasteiger partial charge in [0.15, 0.2) is 0 Å². The van der Waals surface area contributed by atoms with Crippen molar-refractivity contribution in [3.05, 3.63) is 35.6 Å². The molecule has 1 aromatic rings. The Labute approximate surface area is 117 Å². The molecule has 0 bridgehead atoms. The second-order valence-electron chi connectivity index (χ2n) is 4.85. The summed E-state index contributed by atoms with van der Waals surface area (Å²) in [4.78, 5) is 13.1. The van der Waals surface area contributed by atoms with Crippen molar-refractivity contribution in [2.24, 2.45) is 0 Å². The lowest BCUT2D eigenvalue weighted by Gasteiger charge is -2.28. The molecule has 6 heteroatoms. The lowest BCUT2D eigenvalue weighted by Crippen LogP contribution is -2.50. The number of rotatable bonds is 6. The normalized spacial score (nSPS) is 17.8. The van der Waals surface area contributed by atoms with Crippen LogP contribution in [0, 0.1) is 5.82 Å². The Kier molecular flexibility index (Phi) is 5.46. The number of β-amino-alcohol motifs (C(OH)–C–C–N with tert-alkyl or cyclic N) is 1. The van der Waals surface area contributed by atoms with Gasteiger partial charge in [-0.15, -0.1) is 0 Å². The standard InChI is InChI=1S/C14H19FN2O3/c15-13-4-2-1-3-11(13)9-20-10-12(18)7-17-6-5-16-14(19)8-17/h1-4,12,18H,5-10H2,(H,16,19)/t12-/m1/s1. The van der Waals surface area contributed by atoms with Crippen molar-refractivity contribution in [2.45, 2.75) is 12.7 Å². The van der Waals surface area contributed by atoms with Gasteiger partial charge in [-0.1, -0.05) is 18.2 Å². The van der Waals surface area contributed by atoms with E-state index in [4.69, 9.17) is 4.74 Å². The first-order valence-electron chi connectivity index (χ1n) is 6.63. The van der Waals surface area contributed by atoms with Crippen molar-refractivity contribution in [1.29, 1.82) is 0 Å². The largest absolute Gasteiger partial charge is 0.389 e. The van der Waals surface area contributed by atoms with Crippen molar-refractivity contribution >= 4 is 5.91 Å². The van der Waals surface area contributed by atoms with Crippen LogP contribution in [0.4, 0.5) is 4.39 Å². The predicted octanol–water partition coefficient (Wildman–Crippen LogP) is 0.135. The van der Waals surface area contributed by atoms with Crippen LogP contribution < -0.4 is 5.32 Å². The number of hydrogen-bond donors (Lipinski definition) is 2. The zero-order chi connectivity index (χ0) is 14.4. The first kappa shape index (κ1) is 14.9. The Morgan fingerprint density at radius 1 is 1.45 bits per heavy atom. The smallest absolute Gasteiger partial charge is 0.234 e. The highest BCUT2D eigenvalue weighted by Crippen LogP contribution is 2.08. The number of nitrogens with one attached hydrogen (secondary N) is 1. The number of benzene rings is 1. The van der Waals surface area contributed by atoms with E-state index >= 15 is 0 Å². The highest BCUT2D eigenvalue weighted by atomic mass is 19.1. The Balaban J connectivity index is 1.68. The number of aliphatic hydroxyl groups excluding tert-OH is 1. The molecular weight excluding hydrogens is 263 g/mol. The van der Waals surface area contributed by atoms with Gasteiger partial charge >= 0.3 is 0 Å². The Hall–Kier alpha value is -1.50. The van der Waals surface area contributed by atoms with E-state index in [0.717, 1.165) is 6.54 Å². The summed E-state index contributed by atoms with van der Waals surface area (Å²) in [6.45, 7) is 2.24. The maximum absolute atomic E-state index is 13.3. The molecule has 0 radical (unpaired) electrons. The second kappa shape index (κ2) is 7.33. The van der Waals surface area contributed by atoms with E-state index in [2.05, 4.69) is 5.32 Å². The molecule has 0 aromatic heterocycles. The Morgan fingerprint density at radius 2 is 2.25 bits per heavy atom. The fraction of sp³-hybridized carbons (Fsp3) is 0.500. The molecule has 1 aliphatic rings. The molecule has 2 N–H and O–H groups in total. The number of nitrogens with zero attached hydrogens (tertiary/aromatic N) is 1. The summed E-state index contributed by atoms with van der Waals surface area (Å²) in [7, 11) is 0. The van der Waals surface area contributed by atoms with E-state index in [1.807, 2.05) is 4.90 Å². The number of ether oxygens (including phenoxy) is 1. The van der Waals surface area contributed by atoms with Crippen LogP contribution in [-0.2, 0) is 16.1 Å². The van der Waals surface area contributed by atoms with Crippen molar-refractivity contribution in [2.75, 3.05) is 32.8 Å². The monoisotopic (exact) mass is 282 g/mol. The number of halogens is 1. The van der Waals surface area contributed by atoms with Gasteiger partial charge in [0.1, 0.15) is 5.82 Å². The summed E-state index contributed by atoms with van der Waals surface area (Å²) in [6.07, 6.45) is -0.687. The van der Waals surface area contributed by atoms with E-state index in [0.29, 0.717) is 25.2 Å². The topological polar surface area (TPSA) is 61.8 Å². The minimum absolute atomic E-state index is 0.0317. The number of piperazine rings is 1. The van der Waals surface area contributed by atoms with Crippen LogP contribution in [0.3, 0.4) is 0 Å². The molecule has 20 heavy (non-hydrogen) atoms. The zero-order valence-corrected chi connectivity index (χ0v) is 11.2. The van der Waals surface area contributed by atoms with Crippen LogP contribution in [0.25, 0.3) is 0 Å². The predicted molar refractivity (Wildman–Crippen MR) is 71.5 cm³/mol. The van der Waals surface area contributed by atoms with Gasteiger partial charge in [0.2, 0.25) is 5.91 Å². The molecule has 1 aliphatic heterocycles. The van der Waals surface area contributed by atoms with Crippen molar-refractivity contribution < 1.29 is 19.0 Å². The maximum Gasteiger partial charge on any atom is 0.234 e. The highest BCUT2D eigenvalue weighted by Gasteiger charge is 2.18. The molecule has 1 aromatic carbocycles. The fourth-order valence-corrected chi connectivity index (χ4v) is 2.12. The van der Waals surface area contributed by atoms with Crippen LogP contribution in [0.15, 0.2) is 24.3 Å². The van der Waals surface area contributed by atoms with E-state index in [1.54, 1.807) is 18.2 Å². The molecule has 0 saturated carbocycles. The molecule has 5 nitrogen and oxygen atoms in total. The van der Waals surface area contributed by atoms with Gasteiger partial charge in [0, 0.05) is 25.2 Å². The lowest BCUT2D eigenvalue weighted by atomic mass is 10.2. The van der Waals surface area contributed by atoms with Gasteiger partial charge < -0.3 is 15.2 Å². The molecule has 1 heterocycles. The summed E-state index contributed by atoms with van der Waals surface area (Å²) in [5, 5.41) is 12.6.